The van der Waals surface area contributed by atoms with Crippen LogP contribution in [0.2, 0.25) is 5.02 Å². The molecule has 1 aliphatic carbocycles. The van der Waals surface area contributed by atoms with E-state index in [2.05, 4.69) is 23.3 Å². The van der Waals surface area contributed by atoms with Crippen LogP contribution in [0.3, 0.4) is 0 Å². The first-order valence-corrected chi connectivity index (χ1v) is 7.39. The maximum atomic E-state index is 6.22. The Hall–Kier alpha value is -1.12. The van der Waals surface area contributed by atoms with Gasteiger partial charge in [-0.2, -0.15) is 0 Å². The summed E-state index contributed by atoms with van der Waals surface area (Å²) >= 11 is 6.22. The van der Waals surface area contributed by atoms with E-state index in [1.165, 1.54) is 31.2 Å². The Bertz CT molecular complexity index is 585. The van der Waals surface area contributed by atoms with E-state index in [4.69, 9.17) is 11.6 Å². The van der Waals surface area contributed by atoms with Crippen molar-refractivity contribution in [3.63, 3.8) is 0 Å². The summed E-state index contributed by atoms with van der Waals surface area (Å²) in [5.74, 6) is 0. The molecule has 1 N–H and O–H groups in total. The average molecular weight is 275 g/mol. The van der Waals surface area contributed by atoms with Gasteiger partial charge in [0.05, 0.1) is 5.52 Å². The number of hydrogen-bond donors (Lipinski definition) is 1. The van der Waals surface area contributed by atoms with E-state index in [1.54, 1.807) is 0 Å². The predicted octanol–water partition coefficient (Wildman–Crippen LogP) is 4.31. The van der Waals surface area contributed by atoms with Gasteiger partial charge in [-0.1, -0.05) is 24.6 Å². The molecule has 0 amide bonds. The number of benzene rings is 1. The molecule has 0 saturated heterocycles. The maximum Gasteiger partial charge on any atom is 0.0761 e. The van der Waals surface area contributed by atoms with Crippen LogP contribution in [0.1, 0.15) is 38.2 Å². The molecule has 1 aliphatic rings. The van der Waals surface area contributed by atoms with Crippen molar-refractivity contribution in [3.05, 3.63) is 41.0 Å². The molecule has 3 rings (SSSR count). The fourth-order valence-corrected chi connectivity index (χ4v) is 3.10. The lowest BCUT2D eigenvalue weighted by Crippen LogP contribution is -2.49. The fraction of sp³-hybridized carbons (Fsp3) is 0.438. The SMILES string of the molecule is CCC1(NCc2ccc(Cl)c3cccnc23)CCC1. The Morgan fingerprint density at radius 3 is 2.84 bits per heavy atom. The first-order chi connectivity index (χ1) is 9.24. The van der Waals surface area contributed by atoms with Crippen LogP contribution in [0.15, 0.2) is 30.5 Å². The van der Waals surface area contributed by atoms with Crippen LogP contribution >= 0.6 is 11.6 Å². The van der Waals surface area contributed by atoms with Crippen molar-refractivity contribution in [1.82, 2.24) is 10.3 Å². The molecule has 1 aromatic carbocycles. The van der Waals surface area contributed by atoms with Crippen LogP contribution in [-0.4, -0.2) is 10.5 Å². The zero-order valence-corrected chi connectivity index (χ0v) is 12.0. The van der Waals surface area contributed by atoms with Gasteiger partial charge in [0, 0.05) is 28.7 Å². The van der Waals surface area contributed by atoms with Crippen LogP contribution < -0.4 is 5.32 Å². The van der Waals surface area contributed by atoms with Crippen molar-refractivity contribution in [3.8, 4) is 0 Å². The predicted molar refractivity (Wildman–Crippen MR) is 80.5 cm³/mol. The largest absolute Gasteiger partial charge is 0.307 e. The van der Waals surface area contributed by atoms with Crippen molar-refractivity contribution >= 4 is 22.5 Å². The summed E-state index contributed by atoms with van der Waals surface area (Å²) in [5.41, 5.74) is 2.62. The molecule has 1 heterocycles. The molecule has 100 valence electrons. The monoisotopic (exact) mass is 274 g/mol. The van der Waals surface area contributed by atoms with E-state index in [1.807, 2.05) is 24.4 Å². The second-order valence-electron chi connectivity index (χ2n) is 5.45. The summed E-state index contributed by atoms with van der Waals surface area (Å²) in [6, 6.07) is 8.03. The Kier molecular flexibility index (Phi) is 3.46. The molecule has 2 aromatic rings. The Labute approximate surface area is 119 Å². The molecule has 1 saturated carbocycles. The lowest BCUT2D eigenvalue weighted by Gasteiger charge is -2.42. The summed E-state index contributed by atoms with van der Waals surface area (Å²) in [7, 11) is 0. The first-order valence-electron chi connectivity index (χ1n) is 7.01. The minimum Gasteiger partial charge on any atom is -0.307 e. The van der Waals surface area contributed by atoms with Gasteiger partial charge in [-0.15, -0.1) is 0 Å². The molecular weight excluding hydrogens is 256 g/mol. The number of nitrogens with zero attached hydrogens (tertiary/aromatic N) is 1. The van der Waals surface area contributed by atoms with E-state index in [9.17, 15) is 0 Å². The average Bonchev–Trinajstić information content (AvgIpc) is 2.41. The zero-order chi connectivity index (χ0) is 13.3. The van der Waals surface area contributed by atoms with Crippen LogP contribution in [0.5, 0.6) is 0 Å². The van der Waals surface area contributed by atoms with E-state index in [0.717, 1.165) is 22.5 Å². The van der Waals surface area contributed by atoms with Gasteiger partial charge in [-0.3, -0.25) is 4.98 Å². The highest BCUT2D eigenvalue weighted by atomic mass is 35.5. The number of halogens is 1. The van der Waals surface area contributed by atoms with Gasteiger partial charge in [-0.25, -0.2) is 0 Å². The van der Waals surface area contributed by atoms with E-state index in [0.29, 0.717) is 5.54 Å². The second-order valence-corrected chi connectivity index (χ2v) is 5.85. The number of pyridine rings is 1. The van der Waals surface area contributed by atoms with Gasteiger partial charge in [-0.05, 0) is 49.4 Å². The topological polar surface area (TPSA) is 24.9 Å². The van der Waals surface area contributed by atoms with Crippen LogP contribution in [0.25, 0.3) is 10.9 Å². The van der Waals surface area contributed by atoms with Gasteiger partial charge in [0.15, 0.2) is 0 Å². The molecule has 1 aromatic heterocycles. The van der Waals surface area contributed by atoms with Crippen molar-refractivity contribution in [1.29, 1.82) is 0 Å². The quantitative estimate of drug-likeness (QED) is 0.899. The van der Waals surface area contributed by atoms with Crippen molar-refractivity contribution in [2.24, 2.45) is 0 Å². The Balaban J connectivity index is 1.87. The number of fused-ring (bicyclic) bond motifs is 1. The molecule has 0 radical (unpaired) electrons. The summed E-state index contributed by atoms with van der Waals surface area (Å²) < 4.78 is 0. The summed E-state index contributed by atoms with van der Waals surface area (Å²) in [6.45, 7) is 3.14. The third-order valence-electron chi connectivity index (χ3n) is 4.44. The Morgan fingerprint density at radius 2 is 2.16 bits per heavy atom. The molecular formula is C16H19ClN2. The van der Waals surface area contributed by atoms with E-state index < -0.39 is 0 Å². The zero-order valence-electron chi connectivity index (χ0n) is 11.2. The van der Waals surface area contributed by atoms with Gasteiger partial charge < -0.3 is 5.32 Å². The standard InChI is InChI=1S/C16H19ClN2/c1-2-16(8-4-9-16)19-11-12-6-7-14(17)13-5-3-10-18-15(12)13/h3,5-7,10,19H,2,4,8-9,11H2,1H3. The van der Waals surface area contributed by atoms with Crippen molar-refractivity contribution in [2.45, 2.75) is 44.7 Å². The smallest absolute Gasteiger partial charge is 0.0761 e. The molecule has 0 atom stereocenters. The van der Waals surface area contributed by atoms with Gasteiger partial charge in [0.1, 0.15) is 0 Å². The number of rotatable bonds is 4. The van der Waals surface area contributed by atoms with Crippen LogP contribution in [0.4, 0.5) is 0 Å². The fourth-order valence-electron chi connectivity index (χ4n) is 2.88. The summed E-state index contributed by atoms with van der Waals surface area (Å²) in [4.78, 5) is 4.49. The number of nitrogens with one attached hydrogen (secondary N) is 1. The minimum atomic E-state index is 0.362. The summed E-state index contributed by atoms with van der Waals surface area (Å²) in [5, 5.41) is 5.55. The molecule has 0 unspecified atom stereocenters. The van der Waals surface area contributed by atoms with Crippen LogP contribution in [0, 0.1) is 0 Å². The highest BCUT2D eigenvalue weighted by Crippen LogP contribution is 2.35. The molecule has 0 spiro atoms. The maximum absolute atomic E-state index is 6.22. The number of hydrogen-bond acceptors (Lipinski definition) is 2. The van der Waals surface area contributed by atoms with E-state index in [-0.39, 0.29) is 0 Å². The second kappa shape index (κ2) is 5.10. The molecule has 0 aliphatic heterocycles. The molecule has 0 bridgehead atoms. The lowest BCUT2D eigenvalue weighted by molar-refractivity contribution is 0.175. The lowest BCUT2D eigenvalue weighted by atomic mass is 9.75. The van der Waals surface area contributed by atoms with E-state index >= 15 is 0 Å². The van der Waals surface area contributed by atoms with Gasteiger partial charge in [0.2, 0.25) is 0 Å². The van der Waals surface area contributed by atoms with Gasteiger partial charge in [0.25, 0.3) is 0 Å². The number of aromatic nitrogens is 1. The molecule has 1 fully saturated rings. The highest BCUT2D eigenvalue weighted by Gasteiger charge is 2.34. The molecule has 19 heavy (non-hydrogen) atoms. The van der Waals surface area contributed by atoms with Gasteiger partial charge >= 0.3 is 0 Å². The minimum absolute atomic E-state index is 0.362. The Morgan fingerprint density at radius 1 is 1.32 bits per heavy atom. The van der Waals surface area contributed by atoms with Crippen molar-refractivity contribution < 1.29 is 0 Å². The molecule has 3 heteroatoms. The highest BCUT2D eigenvalue weighted by molar-refractivity contribution is 6.35. The van der Waals surface area contributed by atoms with Crippen LogP contribution in [-0.2, 0) is 6.54 Å². The third kappa shape index (κ3) is 2.35. The van der Waals surface area contributed by atoms with Crippen molar-refractivity contribution in [2.75, 3.05) is 0 Å². The first kappa shape index (κ1) is 12.9. The normalized spacial score (nSPS) is 17.4. The summed E-state index contributed by atoms with van der Waals surface area (Å²) in [6.07, 6.45) is 6.97. The third-order valence-corrected chi connectivity index (χ3v) is 4.77. The molecule has 2 nitrogen and oxygen atoms in total.